The minimum Gasteiger partial charge on any atom is -0.482 e. The van der Waals surface area contributed by atoms with Crippen molar-refractivity contribution in [1.29, 1.82) is 0 Å². The number of likely N-dealkylation sites (tertiary alicyclic amines) is 1. The number of nitrogens with zero attached hydrogens (tertiary/aromatic N) is 1. The van der Waals surface area contributed by atoms with Crippen LogP contribution in [0.4, 0.5) is 0 Å². The van der Waals surface area contributed by atoms with Gasteiger partial charge in [-0.2, -0.15) is 0 Å². The summed E-state index contributed by atoms with van der Waals surface area (Å²) >= 11 is 0. The molecule has 5 aliphatic rings. The molecule has 0 radical (unpaired) electrons. The Balaban J connectivity index is 1.04. The number of aliphatic hydroxyl groups is 1. The van der Waals surface area contributed by atoms with E-state index in [1.54, 1.807) is 0 Å². The van der Waals surface area contributed by atoms with Crippen LogP contribution in [0.25, 0.3) is 10.8 Å². The summed E-state index contributed by atoms with van der Waals surface area (Å²) in [5.74, 6) is 2.24. The predicted molar refractivity (Wildman–Crippen MR) is 215 cm³/mol. The summed E-state index contributed by atoms with van der Waals surface area (Å²) in [6, 6.07) is 51.2. The fourth-order valence-electron chi connectivity index (χ4n) is 11.1. The molecule has 2 heterocycles. The number of hydrogen-bond donors (Lipinski definition) is 1. The van der Waals surface area contributed by atoms with Gasteiger partial charge in [0.1, 0.15) is 6.10 Å². The highest BCUT2D eigenvalue weighted by molar-refractivity contribution is 5.83. The van der Waals surface area contributed by atoms with Crippen LogP contribution in [0.5, 0.6) is 11.5 Å². The standard InChI is InChI=1S/C50H47NO4/c52-49-27-26-43(53-33-35-22-23-36-12-10-11-13-37(36)30-35)47-48(49)28-29-51(32-34-20-21-34)44(49)31-38-24-25-42(46(54-47)45(38)48)55-50(39-14-4-1-5-15-39,40-16-6-2-7-17-40)41-18-8-3-9-19-41/h1-19,22-25,30,34,43-44,47,52H,20-21,26-29,31-33H2/t43-,44-,47+,48+,49-/m1/s1. The van der Waals surface area contributed by atoms with E-state index in [0.29, 0.717) is 18.8 Å². The monoisotopic (exact) mass is 725 g/mol. The van der Waals surface area contributed by atoms with E-state index in [9.17, 15) is 5.11 Å². The van der Waals surface area contributed by atoms with E-state index in [1.165, 1.54) is 29.2 Å². The molecule has 5 atom stereocenters. The average molecular weight is 726 g/mol. The molecule has 2 bridgehead atoms. The van der Waals surface area contributed by atoms with E-state index in [-0.39, 0.29) is 18.2 Å². The van der Waals surface area contributed by atoms with Crippen LogP contribution in [0.15, 0.2) is 146 Å². The van der Waals surface area contributed by atoms with Gasteiger partial charge in [0.25, 0.3) is 0 Å². The minimum atomic E-state index is -0.962. The van der Waals surface area contributed by atoms with E-state index < -0.39 is 16.6 Å². The Morgan fingerprint density at radius 1 is 0.709 bits per heavy atom. The topological polar surface area (TPSA) is 51.2 Å². The van der Waals surface area contributed by atoms with Gasteiger partial charge in [0, 0.05) is 34.8 Å². The van der Waals surface area contributed by atoms with Gasteiger partial charge in [0.2, 0.25) is 0 Å². The van der Waals surface area contributed by atoms with Crippen molar-refractivity contribution < 1.29 is 19.3 Å². The van der Waals surface area contributed by atoms with Crippen LogP contribution in [0, 0.1) is 5.92 Å². The summed E-state index contributed by atoms with van der Waals surface area (Å²) in [5, 5.41) is 15.8. The highest BCUT2D eigenvalue weighted by Crippen LogP contribution is 2.66. The van der Waals surface area contributed by atoms with Crippen molar-refractivity contribution >= 4 is 10.8 Å². The van der Waals surface area contributed by atoms with Gasteiger partial charge in [-0.3, -0.25) is 4.90 Å². The second-order valence-electron chi connectivity index (χ2n) is 16.7. The Morgan fingerprint density at radius 3 is 2.04 bits per heavy atom. The van der Waals surface area contributed by atoms with Crippen molar-refractivity contribution in [3.63, 3.8) is 0 Å². The second kappa shape index (κ2) is 12.8. The van der Waals surface area contributed by atoms with Gasteiger partial charge in [-0.1, -0.05) is 133 Å². The molecule has 0 unspecified atom stereocenters. The Bertz CT molecular complexity index is 2260. The van der Waals surface area contributed by atoms with Crippen LogP contribution in [-0.2, 0) is 28.8 Å². The maximum absolute atomic E-state index is 13.4. The Kier molecular flexibility index (Phi) is 7.78. The van der Waals surface area contributed by atoms with Crippen molar-refractivity contribution in [3.8, 4) is 11.5 Å². The third kappa shape index (κ3) is 5.09. The second-order valence-corrected chi connectivity index (χ2v) is 16.7. The van der Waals surface area contributed by atoms with Gasteiger partial charge < -0.3 is 19.3 Å². The molecular formula is C50H47NO4. The van der Waals surface area contributed by atoms with Crippen LogP contribution in [-0.4, -0.2) is 46.9 Å². The Labute approximate surface area is 323 Å². The van der Waals surface area contributed by atoms with Gasteiger partial charge in [0.15, 0.2) is 17.1 Å². The van der Waals surface area contributed by atoms with Gasteiger partial charge in [-0.05, 0) is 85.0 Å². The fraction of sp³-hybridized carbons (Fsp3) is 0.320. The molecule has 1 spiro atoms. The quantitative estimate of drug-likeness (QED) is 0.143. The van der Waals surface area contributed by atoms with Gasteiger partial charge >= 0.3 is 0 Å². The van der Waals surface area contributed by atoms with Crippen LogP contribution in [0.3, 0.4) is 0 Å². The van der Waals surface area contributed by atoms with E-state index >= 15 is 0 Å². The normalized spacial score (nSPS) is 26.7. The van der Waals surface area contributed by atoms with Gasteiger partial charge in [-0.25, -0.2) is 0 Å². The summed E-state index contributed by atoms with van der Waals surface area (Å²) in [6.45, 7) is 2.52. The molecule has 5 heteroatoms. The number of rotatable bonds is 10. The molecule has 55 heavy (non-hydrogen) atoms. The number of piperidine rings is 1. The summed E-state index contributed by atoms with van der Waals surface area (Å²) in [5.41, 5.74) is 4.20. The van der Waals surface area contributed by atoms with Crippen molar-refractivity contribution in [2.45, 2.75) is 80.0 Å². The highest BCUT2D eigenvalue weighted by Gasteiger charge is 2.73. The average Bonchev–Trinajstić information content (AvgIpc) is 3.99. The number of hydrogen-bond acceptors (Lipinski definition) is 5. The van der Waals surface area contributed by atoms with Crippen LogP contribution < -0.4 is 9.47 Å². The zero-order valence-corrected chi connectivity index (χ0v) is 31.1. The number of benzene rings is 6. The molecule has 1 saturated heterocycles. The predicted octanol–water partition coefficient (Wildman–Crippen LogP) is 9.36. The first-order valence-corrected chi connectivity index (χ1v) is 20.3. The number of ether oxygens (including phenoxy) is 3. The molecule has 2 aliphatic heterocycles. The molecule has 0 amide bonds. The fourth-order valence-corrected chi connectivity index (χ4v) is 11.1. The van der Waals surface area contributed by atoms with Crippen LogP contribution in [0.1, 0.15) is 65.5 Å². The van der Waals surface area contributed by atoms with Gasteiger partial charge in [-0.15, -0.1) is 0 Å². The summed E-state index contributed by atoms with van der Waals surface area (Å²) in [6.07, 6.45) is 5.16. The van der Waals surface area contributed by atoms with E-state index in [4.69, 9.17) is 14.2 Å². The van der Waals surface area contributed by atoms with Crippen molar-refractivity contribution in [3.05, 3.63) is 179 Å². The molecule has 6 aromatic rings. The first kappa shape index (κ1) is 33.4. The molecular weight excluding hydrogens is 679 g/mol. The van der Waals surface area contributed by atoms with E-state index in [0.717, 1.165) is 71.8 Å². The summed E-state index contributed by atoms with van der Waals surface area (Å²) < 4.78 is 22.0. The lowest BCUT2D eigenvalue weighted by molar-refractivity contribution is -0.217. The van der Waals surface area contributed by atoms with Gasteiger partial charge in [0.05, 0.1) is 23.7 Å². The lowest BCUT2D eigenvalue weighted by Crippen LogP contribution is -2.77. The first-order valence-electron chi connectivity index (χ1n) is 20.3. The highest BCUT2D eigenvalue weighted by atomic mass is 16.6. The summed E-state index contributed by atoms with van der Waals surface area (Å²) in [4.78, 5) is 2.63. The van der Waals surface area contributed by atoms with Crippen LogP contribution >= 0.6 is 0 Å². The van der Waals surface area contributed by atoms with Crippen molar-refractivity contribution in [1.82, 2.24) is 4.90 Å². The smallest absolute Gasteiger partial charge is 0.184 e. The lowest BCUT2D eigenvalue weighted by Gasteiger charge is -2.64. The molecule has 11 rings (SSSR count). The van der Waals surface area contributed by atoms with Crippen LogP contribution in [0.2, 0.25) is 0 Å². The molecule has 6 aromatic carbocycles. The Morgan fingerprint density at radius 2 is 1.36 bits per heavy atom. The molecule has 3 fully saturated rings. The maximum atomic E-state index is 13.4. The molecule has 276 valence electrons. The van der Waals surface area contributed by atoms with Crippen molar-refractivity contribution in [2.24, 2.45) is 5.92 Å². The third-order valence-corrected chi connectivity index (χ3v) is 13.8. The van der Waals surface area contributed by atoms with Crippen molar-refractivity contribution in [2.75, 3.05) is 13.1 Å². The minimum absolute atomic E-state index is 0.0525. The largest absolute Gasteiger partial charge is 0.482 e. The summed E-state index contributed by atoms with van der Waals surface area (Å²) in [7, 11) is 0. The molecule has 2 saturated carbocycles. The SMILES string of the molecule is O[C@@]12CC[C@@H](OCc3ccc4ccccc4c3)[C@@H]3Oc4c(OC(c5ccccc5)(c5ccccc5)c5ccccc5)ccc5c4[C@@]31CCN(CC1CC1)[C@@H]2C5. The van der Waals surface area contributed by atoms with E-state index in [2.05, 4.69) is 150 Å². The zero-order valence-electron chi connectivity index (χ0n) is 31.1. The molecule has 5 nitrogen and oxygen atoms in total. The third-order valence-electron chi connectivity index (χ3n) is 13.8. The maximum Gasteiger partial charge on any atom is 0.184 e. The van der Waals surface area contributed by atoms with E-state index in [1.807, 2.05) is 0 Å². The zero-order chi connectivity index (χ0) is 36.6. The first-order chi connectivity index (χ1) is 27.1. The Hall–Kier alpha value is -4.94. The molecule has 0 aromatic heterocycles. The number of fused-ring (bicyclic) bond motifs is 1. The molecule has 1 N–H and O–H groups in total. The molecule has 3 aliphatic carbocycles. The lowest BCUT2D eigenvalue weighted by atomic mass is 9.48.